The maximum atomic E-state index is 13.0. The second-order valence-corrected chi connectivity index (χ2v) is 10.1. The highest BCUT2D eigenvalue weighted by molar-refractivity contribution is 7.89. The molecule has 0 bridgehead atoms. The minimum Gasteiger partial charge on any atom is -0.370 e. The summed E-state index contributed by atoms with van der Waals surface area (Å²) in [6.45, 7) is 8.10. The second-order valence-electron chi connectivity index (χ2n) is 7.08. The Kier molecular flexibility index (Phi) is 7.27. The van der Waals surface area contributed by atoms with Crippen molar-refractivity contribution in [3.8, 4) is 0 Å². The van der Waals surface area contributed by atoms with Crippen LogP contribution in [0.15, 0.2) is 34.6 Å². The molecule has 1 aromatic heterocycles. The normalized spacial score (nSPS) is 14.7. The zero-order valence-corrected chi connectivity index (χ0v) is 19.2. The summed E-state index contributed by atoms with van der Waals surface area (Å²) in [5, 5.41) is 5.69. The summed E-state index contributed by atoms with van der Waals surface area (Å²) in [6.07, 6.45) is 5.24. The molecule has 1 aliphatic rings. The lowest BCUT2D eigenvalue weighted by atomic mass is 10.2. The molecular formula is C21H28N4O3S2. The van der Waals surface area contributed by atoms with Gasteiger partial charge >= 0.3 is 0 Å². The predicted molar refractivity (Wildman–Crippen MR) is 123 cm³/mol. The molecule has 7 nitrogen and oxygen atoms in total. The standard InChI is InChI=1S/C21H28N4O3S2/c1-4-25(5-2)30(27,28)18-9-10-20(24-12-6-7-13-24)19(14-18)23-21(26)11-8-17-15-29-16(3)22-17/h8-11,14-15H,4-7,12-13H2,1-3H3,(H,23,26)/b11-8+. The van der Waals surface area contributed by atoms with E-state index in [1.165, 1.54) is 21.7 Å². The molecule has 1 amide bonds. The Morgan fingerprint density at radius 1 is 1.27 bits per heavy atom. The third-order valence-electron chi connectivity index (χ3n) is 5.06. The summed E-state index contributed by atoms with van der Waals surface area (Å²) in [4.78, 5) is 19.2. The number of sulfonamides is 1. The van der Waals surface area contributed by atoms with Crippen LogP contribution in [0.4, 0.5) is 11.4 Å². The highest BCUT2D eigenvalue weighted by Gasteiger charge is 2.24. The summed E-state index contributed by atoms with van der Waals surface area (Å²) >= 11 is 1.52. The minimum absolute atomic E-state index is 0.184. The average molecular weight is 449 g/mol. The number of aromatic nitrogens is 1. The van der Waals surface area contributed by atoms with E-state index in [1.807, 2.05) is 26.2 Å². The van der Waals surface area contributed by atoms with Gasteiger partial charge in [0.2, 0.25) is 15.9 Å². The lowest BCUT2D eigenvalue weighted by Gasteiger charge is -2.24. The number of nitrogens with one attached hydrogen (secondary N) is 1. The SMILES string of the molecule is CCN(CC)S(=O)(=O)c1ccc(N2CCCC2)c(NC(=O)/C=C/c2csc(C)n2)c1. The number of carbonyl (C=O) groups is 1. The van der Waals surface area contributed by atoms with Crippen LogP contribution >= 0.6 is 11.3 Å². The van der Waals surface area contributed by atoms with Crippen LogP contribution in [0.1, 0.15) is 37.4 Å². The topological polar surface area (TPSA) is 82.6 Å². The van der Waals surface area contributed by atoms with Crippen molar-refractivity contribution in [2.75, 3.05) is 36.4 Å². The van der Waals surface area contributed by atoms with E-state index < -0.39 is 10.0 Å². The predicted octanol–water partition coefficient (Wildman–Crippen LogP) is 3.73. The molecule has 1 fully saturated rings. The highest BCUT2D eigenvalue weighted by Crippen LogP contribution is 2.32. The molecule has 1 saturated heterocycles. The summed E-state index contributed by atoms with van der Waals surface area (Å²) in [5.74, 6) is -0.321. The molecule has 3 rings (SSSR count). The Labute approximate surface area is 182 Å². The van der Waals surface area contributed by atoms with E-state index in [9.17, 15) is 13.2 Å². The summed E-state index contributed by atoms with van der Waals surface area (Å²) in [6, 6.07) is 5.00. The quantitative estimate of drug-likeness (QED) is 0.622. The van der Waals surface area contributed by atoms with Gasteiger partial charge in [-0.15, -0.1) is 11.3 Å². The van der Waals surface area contributed by atoms with Crippen molar-refractivity contribution < 1.29 is 13.2 Å². The van der Waals surface area contributed by atoms with Gasteiger partial charge in [-0.25, -0.2) is 13.4 Å². The van der Waals surface area contributed by atoms with Crippen LogP contribution in [0.5, 0.6) is 0 Å². The van der Waals surface area contributed by atoms with E-state index in [4.69, 9.17) is 0 Å². The van der Waals surface area contributed by atoms with Crippen molar-refractivity contribution in [3.05, 3.63) is 40.4 Å². The van der Waals surface area contributed by atoms with Crippen molar-refractivity contribution in [2.45, 2.75) is 38.5 Å². The number of rotatable bonds is 8. The van der Waals surface area contributed by atoms with Crippen molar-refractivity contribution >= 4 is 44.7 Å². The Morgan fingerprint density at radius 2 is 1.97 bits per heavy atom. The number of anilines is 2. The molecular weight excluding hydrogens is 420 g/mol. The molecule has 0 radical (unpaired) electrons. The number of hydrogen-bond acceptors (Lipinski definition) is 6. The minimum atomic E-state index is -3.62. The van der Waals surface area contributed by atoms with Crippen LogP contribution in [0, 0.1) is 6.92 Å². The number of nitrogens with zero attached hydrogens (tertiary/aromatic N) is 3. The Hall–Kier alpha value is -2.23. The molecule has 162 valence electrons. The van der Waals surface area contributed by atoms with Gasteiger partial charge in [0.15, 0.2) is 0 Å². The molecule has 0 saturated carbocycles. The fraction of sp³-hybridized carbons (Fsp3) is 0.429. The van der Waals surface area contributed by atoms with Gasteiger partial charge in [0, 0.05) is 37.6 Å². The van der Waals surface area contributed by atoms with Gasteiger partial charge in [0.25, 0.3) is 0 Å². The molecule has 1 N–H and O–H groups in total. The van der Waals surface area contributed by atoms with Gasteiger partial charge in [0.05, 0.1) is 27.0 Å². The largest absolute Gasteiger partial charge is 0.370 e. The number of aryl methyl sites for hydroxylation is 1. The van der Waals surface area contributed by atoms with Crippen LogP contribution in [0.2, 0.25) is 0 Å². The Balaban J connectivity index is 1.91. The van der Waals surface area contributed by atoms with Crippen molar-refractivity contribution in [1.29, 1.82) is 0 Å². The highest BCUT2D eigenvalue weighted by atomic mass is 32.2. The number of hydrogen-bond donors (Lipinski definition) is 1. The molecule has 1 aliphatic heterocycles. The van der Waals surface area contributed by atoms with Crippen molar-refractivity contribution in [1.82, 2.24) is 9.29 Å². The average Bonchev–Trinajstić information content (AvgIpc) is 3.39. The monoisotopic (exact) mass is 448 g/mol. The number of benzene rings is 1. The first kappa shape index (κ1) is 22.5. The molecule has 1 aromatic carbocycles. The van der Waals surface area contributed by atoms with Gasteiger partial charge in [-0.05, 0) is 44.0 Å². The fourth-order valence-electron chi connectivity index (χ4n) is 3.51. The first-order valence-corrected chi connectivity index (χ1v) is 12.5. The summed E-state index contributed by atoms with van der Waals surface area (Å²) in [7, 11) is -3.62. The number of amides is 1. The lowest BCUT2D eigenvalue weighted by molar-refractivity contribution is -0.111. The van der Waals surface area contributed by atoms with E-state index in [0.29, 0.717) is 18.8 Å². The molecule has 0 spiro atoms. The van der Waals surface area contributed by atoms with Crippen LogP contribution in [-0.4, -0.2) is 49.8 Å². The van der Waals surface area contributed by atoms with Crippen LogP contribution in [0.25, 0.3) is 6.08 Å². The van der Waals surface area contributed by atoms with Crippen molar-refractivity contribution in [2.24, 2.45) is 0 Å². The third kappa shape index (κ3) is 5.08. The number of carbonyl (C=O) groups excluding carboxylic acids is 1. The van der Waals surface area contributed by atoms with Gasteiger partial charge in [-0.2, -0.15) is 4.31 Å². The van der Waals surface area contributed by atoms with Gasteiger partial charge in [-0.3, -0.25) is 4.79 Å². The zero-order valence-electron chi connectivity index (χ0n) is 17.6. The molecule has 9 heteroatoms. The van der Waals surface area contributed by atoms with Gasteiger partial charge in [0.1, 0.15) is 0 Å². The van der Waals surface area contributed by atoms with Crippen LogP contribution in [0.3, 0.4) is 0 Å². The van der Waals surface area contributed by atoms with E-state index in [2.05, 4.69) is 15.2 Å². The summed E-state index contributed by atoms with van der Waals surface area (Å²) < 4.78 is 27.3. The molecule has 30 heavy (non-hydrogen) atoms. The first-order valence-electron chi connectivity index (χ1n) is 10.2. The lowest BCUT2D eigenvalue weighted by Crippen LogP contribution is -2.31. The third-order valence-corrected chi connectivity index (χ3v) is 7.90. The number of thiazole rings is 1. The van der Waals surface area contributed by atoms with Crippen LogP contribution < -0.4 is 10.2 Å². The van der Waals surface area contributed by atoms with Gasteiger partial charge < -0.3 is 10.2 Å². The Bertz CT molecular complexity index is 1020. The summed E-state index contributed by atoms with van der Waals surface area (Å²) in [5.41, 5.74) is 2.08. The molecule has 2 heterocycles. The zero-order chi connectivity index (χ0) is 21.7. The maximum Gasteiger partial charge on any atom is 0.248 e. The smallest absolute Gasteiger partial charge is 0.248 e. The molecule has 0 aliphatic carbocycles. The maximum absolute atomic E-state index is 13.0. The Morgan fingerprint density at radius 3 is 2.57 bits per heavy atom. The fourth-order valence-corrected chi connectivity index (χ4v) is 5.58. The van der Waals surface area contributed by atoms with Gasteiger partial charge in [-0.1, -0.05) is 13.8 Å². The first-order chi connectivity index (χ1) is 14.3. The van der Waals surface area contributed by atoms with E-state index >= 15 is 0 Å². The van der Waals surface area contributed by atoms with Crippen molar-refractivity contribution in [3.63, 3.8) is 0 Å². The molecule has 2 aromatic rings. The molecule has 0 atom stereocenters. The second kappa shape index (κ2) is 9.72. The molecule has 0 unspecified atom stereocenters. The van der Waals surface area contributed by atoms with E-state index in [-0.39, 0.29) is 10.8 Å². The van der Waals surface area contributed by atoms with E-state index in [0.717, 1.165) is 42.3 Å². The van der Waals surface area contributed by atoms with Crippen LogP contribution in [-0.2, 0) is 14.8 Å². The van der Waals surface area contributed by atoms with E-state index in [1.54, 1.807) is 24.3 Å².